The number of rotatable bonds is 5. The van der Waals surface area contributed by atoms with E-state index in [2.05, 4.69) is 40.2 Å². The second kappa shape index (κ2) is 8.15. The summed E-state index contributed by atoms with van der Waals surface area (Å²) in [6.07, 6.45) is 4.40. The highest BCUT2D eigenvalue weighted by atomic mass is 32.1. The highest BCUT2D eigenvalue weighted by Crippen LogP contribution is 2.34. The van der Waals surface area contributed by atoms with E-state index in [0.717, 1.165) is 52.9 Å². The Kier molecular flexibility index (Phi) is 4.99. The summed E-state index contributed by atoms with van der Waals surface area (Å²) < 4.78 is 3.88. The smallest absolute Gasteiger partial charge is 0.263 e. The first-order chi connectivity index (χ1) is 16.2. The van der Waals surface area contributed by atoms with Gasteiger partial charge in [-0.1, -0.05) is 42.5 Å². The Bertz CT molecular complexity index is 1530. The van der Waals surface area contributed by atoms with Gasteiger partial charge in [-0.05, 0) is 48.9 Å². The molecule has 0 saturated carbocycles. The van der Waals surface area contributed by atoms with Crippen LogP contribution in [0.15, 0.2) is 59.4 Å². The molecule has 0 saturated heterocycles. The number of nitrogens with zero attached hydrogens (tertiary/aromatic N) is 4. The van der Waals surface area contributed by atoms with Crippen LogP contribution in [0.2, 0.25) is 0 Å². The van der Waals surface area contributed by atoms with Crippen LogP contribution < -0.4 is 10.9 Å². The molecule has 33 heavy (non-hydrogen) atoms. The number of fused-ring (bicyclic) bond motifs is 4. The number of hydrogen-bond acceptors (Lipinski definition) is 5. The Labute approximate surface area is 195 Å². The van der Waals surface area contributed by atoms with Gasteiger partial charge in [-0.15, -0.1) is 11.3 Å². The molecule has 6 nitrogen and oxygen atoms in total. The van der Waals surface area contributed by atoms with Gasteiger partial charge in [0, 0.05) is 18.5 Å². The molecular weight excluding hydrogens is 430 g/mol. The maximum Gasteiger partial charge on any atom is 0.263 e. The van der Waals surface area contributed by atoms with Crippen molar-refractivity contribution in [3.8, 4) is 0 Å². The quantitative estimate of drug-likeness (QED) is 0.410. The number of thiophene rings is 1. The fraction of sp³-hybridized carbons (Fsp3) is 0.269. The summed E-state index contributed by atoms with van der Waals surface area (Å²) in [7, 11) is 1.80. The van der Waals surface area contributed by atoms with Crippen molar-refractivity contribution in [3.05, 3.63) is 86.8 Å². The second-order valence-corrected chi connectivity index (χ2v) is 9.72. The lowest BCUT2D eigenvalue weighted by Gasteiger charge is -2.13. The number of anilines is 1. The SMILES string of the molecule is Cn1c(NCc2nc3ccccc3n2Cc2ccccc2)nc2sc3c(c2c1=O)CCCC3. The minimum absolute atomic E-state index is 0.0414. The molecule has 3 aromatic heterocycles. The van der Waals surface area contributed by atoms with E-state index in [4.69, 9.17) is 9.97 Å². The largest absolute Gasteiger partial charge is 0.348 e. The van der Waals surface area contributed by atoms with Crippen LogP contribution in [-0.2, 0) is 33.0 Å². The first kappa shape index (κ1) is 20.2. The number of imidazole rings is 1. The zero-order valence-corrected chi connectivity index (χ0v) is 19.4. The van der Waals surface area contributed by atoms with Gasteiger partial charge >= 0.3 is 0 Å². The number of para-hydroxylation sites is 2. The topological polar surface area (TPSA) is 64.7 Å². The molecule has 2 aromatic carbocycles. The van der Waals surface area contributed by atoms with E-state index in [1.807, 2.05) is 24.3 Å². The van der Waals surface area contributed by atoms with Gasteiger partial charge in [0.25, 0.3) is 5.56 Å². The third kappa shape index (κ3) is 3.53. The third-order valence-corrected chi connectivity index (χ3v) is 7.70. The Balaban J connectivity index is 1.36. The zero-order chi connectivity index (χ0) is 22.4. The molecule has 0 aliphatic heterocycles. The summed E-state index contributed by atoms with van der Waals surface area (Å²) in [5.41, 5.74) is 4.55. The fourth-order valence-corrected chi connectivity index (χ4v) is 6.06. The molecule has 0 spiro atoms. The number of aryl methyl sites for hydroxylation is 2. The van der Waals surface area contributed by atoms with Crippen molar-refractivity contribution >= 4 is 38.5 Å². The molecule has 0 amide bonds. The molecular formula is C26H25N5OS. The van der Waals surface area contributed by atoms with Gasteiger partial charge in [0.05, 0.1) is 23.0 Å². The van der Waals surface area contributed by atoms with Crippen molar-refractivity contribution in [2.75, 3.05) is 5.32 Å². The van der Waals surface area contributed by atoms with Crippen LogP contribution in [0.1, 0.15) is 34.7 Å². The molecule has 0 radical (unpaired) electrons. The molecule has 6 rings (SSSR count). The van der Waals surface area contributed by atoms with Crippen LogP contribution in [0.5, 0.6) is 0 Å². The van der Waals surface area contributed by atoms with E-state index in [1.165, 1.54) is 22.4 Å². The van der Waals surface area contributed by atoms with Crippen molar-refractivity contribution < 1.29 is 0 Å². The first-order valence-electron chi connectivity index (χ1n) is 11.4. The lowest BCUT2D eigenvalue weighted by molar-refractivity contribution is 0.699. The summed E-state index contributed by atoms with van der Waals surface area (Å²) in [4.78, 5) is 25.1. The van der Waals surface area contributed by atoms with E-state index in [9.17, 15) is 4.79 Å². The van der Waals surface area contributed by atoms with E-state index in [1.54, 1.807) is 23.0 Å². The minimum Gasteiger partial charge on any atom is -0.348 e. The summed E-state index contributed by atoms with van der Waals surface area (Å²) in [5.74, 6) is 1.50. The number of nitrogens with one attached hydrogen (secondary N) is 1. The van der Waals surface area contributed by atoms with E-state index < -0.39 is 0 Å². The van der Waals surface area contributed by atoms with E-state index in [0.29, 0.717) is 12.5 Å². The Morgan fingerprint density at radius 2 is 1.79 bits per heavy atom. The van der Waals surface area contributed by atoms with Crippen LogP contribution in [-0.4, -0.2) is 19.1 Å². The molecule has 166 valence electrons. The molecule has 0 bridgehead atoms. The van der Waals surface area contributed by atoms with Gasteiger partial charge in [0.1, 0.15) is 10.7 Å². The summed E-state index contributed by atoms with van der Waals surface area (Å²) >= 11 is 1.68. The van der Waals surface area contributed by atoms with Crippen LogP contribution >= 0.6 is 11.3 Å². The average Bonchev–Trinajstić information content (AvgIpc) is 3.39. The van der Waals surface area contributed by atoms with Gasteiger partial charge < -0.3 is 9.88 Å². The van der Waals surface area contributed by atoms with Crippen molar-refractivity contribution in [2.45, 2.75) is 38.8 Å². The number of hydrogen-bond donors (Lipinski definition) is 1. The van der Waals surface area contributed by atoms with E-state index in [-0.39, 0.29) is 5.56 Å². The van der Waals surface area contributed by atoms with Crippen LogP contribution in [0.4, 0.5) is 5.95 Å². The highest BCUT2D eigenvalue weighted by Gasteiger charge is 2.21. The normalized spacial score (nSPS) is 13.5. The Hall–Kier alpha value is -3.45. The van der Waals surface area contributed by atoms with Gasteiger partial charge in [-0.25, -0.2) is 9.97 Å². The van der Waals surface area contributed by atoms with Gasteiger partial charge in [-0.3, -0.25) is 9.36 Å². The van der Waals surface area contributed by atoms with Gasteiger partial charge in [-0.2, -0.15) is 0 Å². The summed E-state index contributed by atoms with van der Waals surface area (Å²) in [6, 6.07) is 18.6. The Morgan fingerprint density at radius 3 is 2.67 bits per heavy atom. The van der Waals surface area contributed by atoms with Crippen LogP contribution in [0.25, 0.3) is 21.3 Å². The van der Waals surface area contributed by atoms with Crippen molar-refractivity contribution in [1.82, 2.24) is 19.1 Å². The fourth-order valence-electron chi connectivity index (χ4n) is 4.80. The monoisotopic (exact) mass is 455 g/mol. The molecule has 1 N–H and O–H groups in total. The molecule has 0 fully saturated rings. The lowest BCUT2D eigenvalue weighted by atomic mass is 9.97. The third-order valence-electron chi connectivity index (χ3n) is 6.52. The maximum atomic E-state index is 13.2. The van der Waals surface area contributed by atoms with Crippen LogP contribution in [0.3, 0.4) is 0 Å². The Morgan fingerprint density at radius 1 is 1.00 bits per heavy atom. The molecule has 1 aliphatic rings. The molecule has 3 heterocycles. The average molecular weight is 456 g/mol. The summed E-state index contributed by atoms with van der Waals surface area (Å²) in [5, 5.41) is 4.22. The first-order valence-corrected chi connectivity index (χ1v) is 12.2. The standard InChI is InChI=1S/C26H25N5OS/c1-30-25(32)23-18-11-5-8-14-21(18)33-24(23)29-26(30)27-15-22-28-19-12-6-7-13-20(19)31(22)16-17-9-3-2-4-10-17/h2-4,6-7,9-10,12-13H,5,8,11,14-16H2,1H3,(H,27,29). The van der Waals surface area contributed by atoms with Gasteiger partial charge in [0.15, 0.2) is 0 Å². The molecule has 0 unspecified atom stereocenters. The highest BCUT2D eigenvalue weighted by molar-refractivity contribution is 7.18. The van der Waals surface area contributed by atoms with Crippen molar-refractivity contribution in [2.24, 2.45) is 7.05 Å². The number of aromatic nitrogens is 4. The molecule has 7 heteroatoms. The summed E-state index contributed by atoms with van der Waals surface area (Å²) in [6.45, 7) is 1.22. The van der Waals surface area contributed by atoms with E-state index >= 15 is 0 Å². The van der Waals surface area contributed by atoms with Crippen molar-refractivity contribution in [1.29, 1.82) is 0 Å². The zero-order valence-electron chi connectivity index (χ0n) is 18.5. The second-order valence-electron chi connectivity index (χ2n) is 8.63. The maximum absolute atomic E-state index is 13.2. The van der Waals surface area contributed by atoms with Crippen LogP contribution in [0, 0.1) is 0 Å². The lowest BCUT2D eigenvalue weighted by Crippen LogP contribution is -2.23. The predicted octanol–water partition coefficient (Wildman–Crippen LogP) is 4.88. The molecule has 0 atom stereocenters. The minimum atomic E-state index is 0.0414. The molecule has 5 aromatic rings. The van der Waals surface area contributed by atoms with Crippen molar-refractivity contribution in [3.63, 3.8) is 0 Å². The van der Waals surface area contributed by atoms with Gasteiger partial charge in [0.2, 0.25) is 5.95 Å². The predicted molar refractivity (Wildman–Crippen MR) is 134 cm³/mol. The molecule has 1 aliphatic carbocycles. The number of benzene rings is 2.